The number of nitrogens with zero attached hydrogens (tertiary/aromatic N) is 2. The Labute approximate surface area is 174 Å². The van der Waals surface area contributed by atoms with Crippen LogP contribution < -0.4 is 10.6 Å². The van der Waals surface area contributed by atoms with Gasteiger partial charge in [0.15, 0.2) is 0 Å². The van der Waals surface area contributed by atoms with Crippen LogP contribution in [0.2, 0.25) is 10.0 Å². The van der Waals surface area contributed by atoms with Crippen LogP contribution in [0.4, 0.5) is 5.82 Å². The molecule has 0 radical (unpaired) electrons. The molecule has 3 aromatic rings. The number of nitrogens with one attached hydrogen (secondary N) is 2. The van der Waals surface area contributed by atoms with Crippen molar-refractivity contribution in [2.75, 3.05) is 11.9 Å². The number of anilines is 1. The summed E-state index contributed by atoms with van der Waals surface area (Å²) in [6, 6.07) is 13.3. The van der Waals surface area contributed by atoms with Crippen LogP contribution in [0.1, 0.15) is 37.7 Å². The molecule has 0 saturated carbocycles. The van der Waals surface area contributed by atoms with Crippen LogP contribution in [-0.2, 0) is 11.2 Å². The lowest BCUT2D eigenvalue weighted by Crippen LogP contribution is -2.28. The maximum absolute atomic E-state index is 12.3. The van der Waals surface area contributed by atoms with E-state index < -0.39 is 0 Å². The van der Waals surface area contributed by atoms with Gasteiger partial charge in [0.1, 0.15) is 11.6 Å². The van der Waals surface area contributed by atoms with E-state index in [-0.39, 0.29) is 11.9 Å². The zero-order chi connectivity index (χ0) is 20.1. The van der Waals surface area contributed by atoms with E-state index in [9.17, 15) is 4.79 Å². The number of rotatable bonds is 7. The Kier molecular flexibility index (Phi) is 6.70. The summed E-state index contributed by atoms with van der Waals surface area (Å²) in [5.41, 5.74) is 1.73. The Morgan fingerprint density at radius 1 is 1.14 bits per heavy atom. The first-order valence-electron chi connectivity index (χ1n) is 9.21. The van der Waals surface area contributed by atoms with Gasteiger partial charge in [-0.3, -0.25) is 4.79 Å². The number of benzene rings is 2. The summed E-state index contributed by atoms with van der Waals surface area (Å²) in [5.74, 6) is 1.28. The topological polar surface area (TPSA) is 66.9 Å². The quantitative estimate of drug-likeness (QED) is 0.556. The normalized spacial score (nSPS) is 12.0. The molecule has 0 aliphatic heterocycles. The molecule has 0 unspecified atom stereocenters. The Hall–Kier alpha value is -2.37. The van der Waals surface area contributed by atoms with Gasteiger partial charge in [0.25, 0.3) is 0 Å². The monoisotopic (exact) mass is 416 g/mol. The van der Waals surface area contributed by atoms with Crippen molar-refractivity contribution in [3.63, 3.8) is 0 Å². The summed E-state index contributed by atoms with van der Waals surface area (Å²) in [6.07, 6.45) is 0.997. The third-order valence-corrected chi connectivity index (χ3v) is 4.91. The van der Waals surface area contributed by atoms with Gasteiger partial charge in [-0.1, -0.05) is 60.5 Å². The van der Waals surface area contributed by atoms with E-state index in [0.29, 0.717) is 46.6 Å². The van der Waals surface area contributed by atoms with E-state index in [0.717, 1.165) is 10.9 Å². The van der Waals surface area contributed by atoms with Crippen LogP contribution in [0.3, 0.4) is 0 Å². The van der Waals surface area contributed by atoms with Gasteiger partial charge in [-0.15, -0.1) is 0 Å². The largest absolute Gasteiger partial charge is 0.369 e. The molecule has 0 aliphatic carbocycles. The number of hydrogen-bond donors (Lipinski definition) is 2. The summed E-state index contributed by atoms with van der Waals surface area (Å²) < 4.78 is 0. The molecule has 146 valence electrons. The molecule has 3 rings (SSSR count). The van der Waals surface area contributed by atoms with Gasteiger partial charge in [-0.05, 0) is 24.6 Å². The highest BCUT2D eigenvalue weighted by Gasteiger charge is 2.13. The lowest BCUT2D eigenvalue weighted by molar-refractivity contribution is -0.121. The lowest BCUT2D eigenvalue weighted by Gasteiger charge is -2.15. The van der Waals surface area contributed by atoms with E-state index in [1.54, 1.807) is 12.1 Å². The molecule has 2 N–H and O–H groups in total. The molecule has 2 aromatic carbocycles. The smallest absolute Gasteiger partial charge is 0.222 e. The highest BCUT2D eigenvalue weighted by atomic mass is 35.5. The van der Waals surface area contributed by atoms with Crippen LogP contribution >= 0.6 is 23.2 Å². The number of carbonyl (C=O) groups excluding carboxylic acids is 1. The molecule has 1 heterocycles. The zero-order valence-electron chi connectivity index (χ0n) is 15.8. The number of aromatic nitrogens is 2. The highest BCUT2D eigenvalue weighted by molar-refractivity contribution is 6.38. The summed E-state index contributed by atoms with van der Waals surface area (Å²) >= 11 is 12.4. The van der Waals surface area contributed by atoms with E-state index in [1.165, 1.54) is 0 Å². The molecule has 0 saturated heterocycles. The second kappa shape index (κ2) is 9.22. The predicted octanol–water partition coefficient (Wildman–Crippen LogP) is 5.18. The number of aryl methyl sites for hydroxylation is 1. The molecule has 7 heteroatoms. The molecule has 0 aliphatic rings. The van der Waals surface area contributed by atoms with E-state index >= 15 is 0 Å². The van der Waals surface area contributed by atoms with Crippen molar-refractivity contribution in [3.8, 4) is 0 Å². The molecular formula is C21H22Cl2N4O. The zero-order valence-corrected chi connectivity index (χ0v) is 17.3. The summed E-state index contributed by atoms with van der Waals surface area (Å²) in [5, 5.41) is 7.98. The number of halogens is 2. The van der Waals surface area contributed by atoms with Gasteiger partial charge in [-0.25, -0.2) is 9.97 Å². The van der Waals surface area contributed by atoms with E-state index in [1.807, 2.05) is 44.2 Å². The maximum atomic E-state index is 12.3. The fraction of sp³-hybridized carbons (Fsp3) is 0.286. The average Bonchev–Trinajstić information content (AvgIpc) is 2.68. The summed E-state index contributed by atoms with van der Waals surface area (Å²) in [4.78, 5) is 21.3. The first kappa shape index (κ1) is 20.4. The van der Waals surface area contributed by atoms with Crippen molar-refractivity contribution in [1.29, 1.82) is 0 Å². The van der Waals surface area contributed by atoms with E-state index in [2.05, 4.69) is 20.6 Å². The van der Waals surface area contributed by atoms with Gasteiger partial charge < -0.3 is 10.6 Å². The standard InChI is InChI=1S/C21H22Cl2N4O/c1-3-18-26-20-16(11-15(22)12-17(20)23)21(27-18)24-10-9-19(28)25-13(2)14-7-5-4-6-8-14/h4-8,11-13H,3,9-10H2,1-2H3,(H,25,28)(H,24,26,27)/t13-/m1/s1. The lowest BCUT2D eigenvalue weighted by atomic mass is 10.1. The second-order valence-corrected chi connectivity index (χ2v) is 7.35. The Bertz CT molecular complexity index is 979. The third-order valence-electron chi connectivity index (χ3n) is 4.40. The predicted molar refractivity (Wildman–Crippen MR) is 115 cm³/mol. The fourth-order valence-corrected chi connectivity index (χ4v) is 3.47. The second-order valence-electron chi connectivity index (χ2n) is 6.50. The first-order valence-corrected chi connectivity index (χ1v) is 9.97. The molecule has 5 nitrogen and oxygen atoms in total. The average molecular weight is 417 g/mol. The number of hydrogen-bond acceptors (Lipinski definition) is 4. The van der Waals surface area contributed by atoms with Crippen molar-refractivity contribution in [1.82, 2.24) is 15.3 Å². The van der Waals surface area contributed by atoms with Crippen molar-refractivity contribution >= 4 is 45.8 Å². The molecule has 0 bridgehead atoms. The number of amides is 1. The van der Waals surface area contributed by atoms with Gasteiger partial charge in [0, 0.05) is 29.8 Å². The van der Waals surface area contributed by atoms with Crippen LogP contribution in [0.5, 0.6) is 0 Å². The Morgan fingerprint density at radius 2 is 1.89 bits per heavy atom. The van der Waals surface area contributed by atoms with Gasteiger partial charge in [-0.2, -0.15) is 0 Å². The van der Waals surface area contributed by atoms with Crippen molar-refractivity contribution < 1.29 is 4.79 Å². The van der Waals surface area contributed by atoms with Crippen LogP contribution in [0.25, 0.3) is 10.9 Å². The fourth-order valence-electron chi connectivity index (χ4n) is 2.93. The Balaban J connectivity index is 1.67. The minimum Gasteiger partial charge on any atom is -0.369 e. The summed E-state index contributed by atoms with van der Waals surface area (Å²) in [7, 11) is 0. The Morgan fingerprint density at radius 3 is 2.61 bits per heavy atom. The number of fused-ring (bicyclic) bond motifs is 1. The van der Waals surface area contributed by atoms with Crippen LogP contribution in [0.15, 0.2) is 42.5 Å². The SMILES string of the molecule is CCc1nc(NCCC(=O)N[C@H](C)c2ccccc2)c2cc(Cl)cc(Cl)c2n1. The molecular weight excluding hydrogens is 395 g/mol. The molecule has 0 fully saturated rings. The molecule has 1 amide bonds. The number of carbonyl (C=O) groups is 1. The van der Waals surface area contributed by atoms with Crippen LogP contribution in [-0.4, -0.2) is 22.4 Å². The van der Waals surface area contributed by atoms with E-state index in [4.69, 9.17) is 23.2 Å². The maximum Gasteiger partial charge on any atom is 0.222 e. The van der Waals surface area contributed by atoms with Gasteiger partial charge in [0.2, 0.25) is 5.91 Å². The molecule has 0 spiro atoms. The molecule has 1 aromatic heterocycles. The van der Waals surface area contributed by atoms with Gasteiger partial charge >= 0.3 is 0 Å². The van der Waals surface area contributed by atoms with Crippen LogP contribution in [0, 0.1) is 0 Å². The van der Waals surface area contributed by atoms with Crippen molar-refractivity contribution in [3.05, 3.63) is 63.9 Å². The minimum atomic E-state index is -0.0436. The summed E-state index contributed by atoms with van der Waals surface area (Å²) in [6.45, 7) is 4.38. The third kappa shape index (κ3) is 4.91. The van der Waals surface area contributed by atoms with Gasteiger partial charge in [0.05, 0.1) is 16.6 Å². The first-order chi connectivity index (χ1) is 13.5. The minimum absolute atomic E-state index is 0.0333. The van der Waals surface area contributed by atoms with Crippen molar-refractivity contribution in [2.45, 2.75) is 32.7 Å². The molecule has 28 heavy (non-hydrogen) atoms. The molecule has 1 atom stereocenters. The van der Waals surface area contributed by atoms with Crippen molar-refractivity contribution in [2.24, 2.45) is 0 Å². The highest BCUT2D eigenvalue weighted by Crippen LogP contribution is 2.30.